The summed E-state index contributed by atoms with van der Waals surface area (Å²) in [5.41, 5.74) is 2.76. The molecule has 0 bridgehead atoms. The molecule has 1 amide bonds. The molecule has 2 atom stereocenters. The Morgan fingerprint density at radius 2 is 2.12 bits per heavy atom. The molecule has 1 aromatic rings. The Morgan fingerprint density at radius 1 is 1.33 bits per heavy atom. The van der Waals surface area contributed by atoms with E-state index in [2.05, 4.69) is 46.7 Å². The summed E-state index contributed by atoms with van der Waals surface area (Å²) < 4.78 is 0. The fraction of sp³-hybridized carbons (Fsp3) is 0.611. The minimum atomic E-state index is 0. The first-order valence-electron chi connectivity index (χ1n) is 8.56. The van der Waals surface area contributed by atoms with Gasteiger partial charge in [0, 0.05) is 31.2 Å². The fourth-order valence-corrected chi connectivity index (χ4v) is 3.67. The van der Waals surface area contributed by atoms with Crippen molar-refractivity contribution in [2.75, 3.05) is 31.1 Å². The third-order valence-electron chi connectivity index (χ3n) is 4.97. The number of halogens is 2. The minimum Gasteiger partial charge on any atom is -0.367 e. The minimum absolute atomic E-state index is 0. The van der Waals surface area contributed by atoms with E-state index >= 15 is 0 Å². The Hall–Kier alpha value is -0.970. The smallest absolute Gasteiger partial charge is 0.220 e. The van der Waals surface area contributed by atoms with Gasteiger partial charge in [-0.3, -0.25) is 4.79 Å². The van der Waals surface area contributed by atoms with Gasteiger partial charge in [0.25, 0.3) is 0 Å². The molecule has 4 nitrogen and oxygen atoms in total. The quantitative estimate of drug-likeness (QED) is 0.805. The molecule has 2 aliphatic rings. The highest BCUT2D eigenvalue weighted by molar-refractivity contribution is 5.85. The maximum Gasteiger partial charge on any atom is 0.220 e. The number of para-hydroxylation sites is 1. The second-order valence-corrected chi connectivity index (χ2v) is 6.62. The fourth-order valence-electron chi connectivity index (χ4n) is 3.67. The van der Waals surface area contributed by atoms with E-state index in [0.717, 1.165) is 39.0 Å². The Bertz CT molecular complexity index is 521. The first kappa shape index (κ1) is 21.1. The molecule has 2 N–H and O–H groups in total. The van der Waals surface area contributed by atoms with Gasteiger partial charge in [-0.15, -0.1) is 24.8 Å². The molecular weight excluding hydrogens is 345 g/mol. The molecule has 0 aliphatic carbocycles. The summed E-state index contributed by atoms with van der Waals surface area (Å²) in [6.07, 6.45) is 4.01. The molecule has 2 unspecified atom stereocenters. The van der Waals surface area contributed by atoms with Crippen molar-refractivity contribution in [2.45, 2.75) is 38.6 Å². The third-order valence-corrected chi connectivity index (χ3v) is 4.97. The number of fused-ring (bicyclic) bond motifs is 1. The summed E-state index contributed by atoms with van der Waals surface area (Å²) >= 11 is 0. The SMILES string of the molecule is CC1Cc2ccccc2N1CCNC(=O)CCC1CCNC1.Cl.Cl. The van der Waals surface area contributed by atoms with Gasteiger partial charge in [-0.2, -0.15) is 0 Å². The number of nitrogens with zero attached hydrogens (tertiary/aromatic N) is 1. The number of hydrogen-bond donors (Lipinski definition) is 2. The van der Waals surface area contributed by atoms with Crippen LogP contribution in [0.3, 0.4) is 0 Å². The van der Waals surface area contributed by atoms with E-state index in [1.54, 1.807) is 0 Å². The van der Waals surface area contributed by atoms with Gasteiger partial charge < -0.3 is 15.5 Å². The molecule has 0 radical (unpaired) electrons. The van der Waals surface area contributed by atoms with Gasteiger partial charge in [0.2, 0.25) is 5.91 Å². The van der Waals surface area contributed by atoms with E-state index in [4.69, 9.17) is 0 Å². The van der Waals surface area contributed by atoms with Crippen LogP contribution in [-0.2, 0) is 11.2 Å². The number of carbonyl (C=O) groups is 1. The van der Waals surface area contributed by atoms with Crippen molar-refractivity contribution in [1.82, 2.24) is 10.6 Å². The molecule has 0 saturated carbocycles. The van der Waals surface area contributed by atoms with E-state index in [9.17, 15) is 4.79 Å². The number of carbonyl (C=O) groups excluding carboxylic acids is 1. The van der Waals surface area contributed by atoms with Crippen molar-refractivity contribution in [3.05, 3.63) is 29.8 Å². The molecule has 2 aliphatic heterocycles. The van der Waals surface area contributed by atoms with Crippen LogP contribution in [-0.4, -0.2) is 38.1 Å². The lowest BCUT2D eigenvalue weighted by Gasteiger charge is -2.25. The zero-order valence-corrected chi connectivity index (χ0v) is 15.9. The predicted octanol–water partition coefficient (Wildman–Crippen LogP) is 2.79. The Morgan fingerprint density at radius 3 is 2.88 bits per heavy atom. The van der Waals surface area contributed by atoms with Crippen molar-refractivity contribution < 1.29 is 4.79 Å². The van der Waals surface area contributed by atoms with Crippen LogP contribution in [0.1, 0.15) is 31.7 Å². The lowest BCUT2D eigenvalue weighted by atomic mass is 10.0. The highest BCUT2D eigenvalue weighted by Crippen LogP contribution is 2.31. The van der Waals surface area contributed by atoms with Gasteiger partial charge in [-0.1, -0.05) is 18.2 Å². The number of benzene rings is 1. The van der Waals surface area contributed by atoms with Crippen molar-refractivity contribution in [3.8, 4) is 0 Å². The van der Waals surface area contributed by atoms with E-state index in [0.29, 0.717) is 18.4 Å². The van der Waals surface area contributed by atoms with Crippen LogP contribution >= 0.6 is 24.8 Å². The molecule has 2 heterocycles. The predicted molar refractivity (Wildman–Crippen MR) is 105 cm³/mol. The lowest BCUT2D eigenvalue weighted by molar-refractivity contribution is -0.121. The van der Waals surface area contributed by atoms with Gasteiger partial charge in [0.05, 0.1) is 0 Å². The summed E-state index contributed by atoms with van der Waals surface area (Å²) in [6.45, 7) is 6.08. The van der Waals surface area contributed by atoms with Gasteiger partial charge >= 0.3 is 0 Å². The van der Waals surface area contributed by atoms with Crippen molar-refractivity contribution >= 4 is 36.4 Å². The summed E-state index contributed by atoms with van der Waals surface area (Å²) in [5, 5.41) is 6.44. The molecule has 1 aromatic carbocycles. The van der Waals surface area contributed by atoms with Crippen LogP contribution in [0, 0.1) is 5.92 Å². The van der Waals surface area contributed by atoms with Gasteiger partial charge in [-0.25, -0.2) is 0 Å². The van der Waals surface area contributed by atoms with E-state index in [1.165, 1.54) is 17.7 Å². The van der Waals surface area contributed by atoms with E-state index in [-0.39, 0.29) is 30.7 Å². The first-order chi connectivity index (χ1) is 10.7. The third kappa shape index (κ3) is 5.27. The Balaban J connectivity index is 0.00000144. The number of nitrogens with one attached hydrogen (secondary N) is 2. The van der Waals surface area contributed by atoms with Crippen molar-refractivity contribution in [3.63, 3.8) is 0 Å². The van der Waals surface area contributed by atoms with Crippen LogP contribution in [0.25, 0.3) is 0 Å². The van der Waals surface area contributed by atoms with Crippen molar-refractivity contribution in [1.29, 1.82) is 0 Å². The number of hydrogen-bond acceptors (Lipinski definition) is 3. The van der Waals surface area contributed by atoms with Crippen LogP contribution < -0.4 is 15.5 Å². The maximum atomic E-state index is 12.0. The molecule has 1 fully saturated rings. The first-order valence-corrected chi connectivity index (χ1v) is 8.56. The van der Waals surface area contributed by atoms with E-state index < -0.39 is 0 Å². The zero-order chi connectivity index (χ0) is 15.4. The van der Waals surface area contributed by atoms with Crippen LogP contribution in [0.2, 0.25) is 0 Å². The van der Waals surface area contributed by atoms with Crippen LogP contribution in [0.5, 0.6) is 0 Å². The second-order valence-electron chi connectivity index (χ2n) is 6.62. The zero-order valence-electron chi connectivity index (χ0n) is 14.3. The van der Waals surface area contributed by atoms with Crippen LogP contribution in [0.4, 0.5) is 5.69 Å². The summed E-state index contributed by atoms with van der Waals surface area (Å²) in [7, 11) is 0. The summed E-state index contributed by atoms with van der Waals surface area (Å²) in [6, 6.07) is 9.12. The topological polar surface area (TPSA) is 44.4 Å². The van der Waals surface area contributed by atoms with E-state index in [1.807, 2.05) is 0 Å². The summed E-state index contributed by atoms with van der Waals surface area (Å²) in [4.78, 5) is 14.4. The Labute approximate surface area is 157 Å². The number of amides is 1. The number of anilines is 1. The van der Waals surface area contributed by atoms with Gasteiger partial charge in [0.1, 0.15) is 0 Å². The van der Waals surface area contributed by atoms with Gasteiger partial charge in [-0.05, 0) is 56.8 Å². The largest absolute Gasteiger partial charge is 0.367 e. The molecule has 1 saturated heterocycles. The Kier molecular flexibility index (Phi) is 8.88. The monoisotopic (exact) mass is 373 g/mol. The lowest BCUT2D eigenvalue weighted by Crippen LogP contribution is -2.37. The molecule has 136 valence electrons. The average molecular weight is 374 g/mol. The molecule has 0 spiro atoms. The molecule has 0 aromatic heterocycles. The molecular formula is C18H29Cl2N3O. The highest BCUT2D eigenvalue weighted by Gasteiger charge is 2.24. The van der Waals surface area contributed by atoms with Gasteiger partial charge in [0.15, 0.2) is 0 Å². The van der Waals surface area contributed by atoms with Crippen LogP contribution in [0.15, 0.2) is 24.3 Å². The molecule has 6 heteroatoms. The average Bonchev–Trinajstić information content (AvgIpc) is 3.13. The molecule has 24 heavy (non-hydrogen) atoms. The number of rotatable bonds is 6. The highest BCUT2D eigenvalue weighted by atomic mass is 35.5. The summed E-state index contributed by atoms with van der Waals surface area (Å²) in [5.74, 6) is 0.892. The van der Waals surface area contributed by atoms with Crippen molar-refractivity contribution in [2.24, 2.45) is 5.92 Å². The normalized spacial score (nSPS) is 21.6. The standard InChI is InChI=1S/C18H27N3O.2ClH/c1-14-12-16-4-2-3-5-17(16)21(14)11-10-20-18(22)7-6-15-8-9-19-13-15;;/h2-5,14-15,19H,6-13H2,1H3,(H,20,22);2*1H. The second kappa shape index (κ2) is 10.1. The molecule has 3 rings (SSSR count). The maximum absolute atomic E-state index is 12.0.